The molecule has 0 saturated heterocycles. The second kappa shape index (κ2) is 5.69. The van der Waals surface area contributed by atoms with Crippen molar-refractivity contribution in [3.8, 4) is 0 Å². The quantitative estimate of drug-likeness (QED) is 0.882. The summed E-state index contributed by atoms with van der Waals surface area (Å²) < 4.78 is 7.40. The Kier molecular flexibility index (Phi) is 3.72. The third kappa shape index (κ3) is 2.33. The first-order valence-electron chi connectivity index (χ1n) is 8.95. The molecule has 0 radical (unpaired) electrons. The summed E-state index contributed by atoms with van der Waals surface area (Å²) in [6, 6.07) is 1.82. The Morgan fingerprint density at radius 2 is 2.28 bits per heavy atom. The fourth-order valence-electron chi connectivity index (χ4n) is 4.44. The number of amides is 1. The van der Waals surface area contributed by atoms with Crippen LogP contribution in [0.5, 0.6) is 0 Å². The first-order chi connectivity index (χ1) is 12.0. The van der Waals surface area contributed by atoms with Gasteiger partial charge in [0.15, 0.2) is 5.65 Å². The number of H-pyrrole nitrogens is 1. The number of fused-ring (bicyclic) bond motifs is 1. The Labute approximate surface area is 145 Å². The Hall–Kier alpha value is -2.15. The fraction of sp³-hybridized carbons (Fsp3) is 0.611. The van der Waals surface area contributed by atoms with Gasteiger partial charge in [0.2, 0.25) is 0 Å². The Bertz CT molecular complexity index is 894. The molecule has 134 valence electrons. The summed E-state index contributed by atoms with van der Waals surface area (Å²) in [5, 5.41) is 6.20. The van der Waals surface area contributed by atoms with Gasteiger partial charge in [-0.3, -0.25) is 19.4 Å². The number of carbonyl (C=O) groups is 1. The van der Waals surface area contributed by atoms with Gasteiger partial charge in [-0.2, -0.15) is 0 Å². The average molecular weight is 344 g/mol. The van der Waals surface area contributed by atoms with E-state index in [4.69, 9.17) is 4.74 Å². The molecule has 0 bridgehead atoms. The molecular formula is C18H24N4O3. The molecule has 2 aliphatic rings. The first kappa shape index (κ1) is 16.3. The van der Waals surface area contributed by atoms with Crippen LogP contribution in [0.4, 0.5) is 0 Å². The monoisotopic (exact) mass is 344 g/mol. The van der Waals surface area contributed by atoms with E-state index in [1.807, 2.05) is 13.8 Å². The molecule has 1 spiro atoms. The largest absolute Gasteiger partial charge is 0.378 e. The molecule has 7 nitrogen and oxygen atoms in total. The highest BCUT2D eigenvalue weighted by atomic mass is 16.5. The molecule has 0 aromatic carbocycles. The van der Waals surface area contributed by atoms with Gasteiger partial charge >= 0.3 is 0 Å². The Balaban J connectivity index is 1.62. The molecule has 2 fully saturated rings. The molecule has 25 heavy (non-hydrogen) atoms. The molecule has 1 amide bonds. The Morgan fingerprint density at radius 1 is 1.52 bits per heavy atom. The van der Waals surface area contributed by atoms with Crippen molar-refractivity contribution in [3.05, 3.63) is 27.7 Å². The highest BCUT2D eigenvalue weighted by molar-refractivity contribution is 6.05. The van der Waals surface area contributed by atoms with Crippen molar-refractivity contribution in [3.63, 3.8) is 0 Å². The highest BCUT2D eigenvalue weighted by Gasteiger charge is 2.59. The average Bonchev–Trinajstić information content (AvgIpc) is 2.78. The maximum atomic E-state index is 12.9. The second-order valence-corrected chi connectivity index (χ2v) is 7.30. The van der Waals surface area contributed by atoms with Crippen LogP contribution in [-0.2, 0) is 11.8 Å². The van der Waals surface area contributed by atoms with E-state index in [0.29, 0.717) is 28.9 Å². The molecular weight excluding hydrogens is 320 g/mol. The van der Waals surface area contributed by atoms with Crippen LogP contribution in [0.3, 0.4) is 0 Å². The second-order valence-electron chi connectivity index (χ2n) is 7.30. The van der Waals surface area contributed by atoms with Crippen molar-refractivity contribution in [2.24, 2.45) is 12.5 Å². The topological polar surface area (TPSA) is 89.0 Å². The van der Waals surface area contributed by atoms with Crippen LogP contribution in [0.1, 0.15) is 48.7 Å². The number of carbonyl (C=O) groups excluding carboxylic acids is 1. The molecule has 2 aromatic rings. The number of hydrogen-bond acceptors (Lipinski definition) is 4. The number of aromatic nitrogens is 3. The minimum atomic E-state index is -0.283. The third-order valence-corrected chi connectivity index (χ3v) is 5.93. The number of nitrogens with one attached hydrogen (secondary N) is 2. The zero-order chi connectivity index (χ0) is 17.8. The molecule has 2 saturated carbocycles. The number of pyridine rings is 1. The summed E-state index contributed by atoms with van der Waals surface area (Å²) in [6.07, 6.45) is 4.47. The van der Waals surface area contributed by atoms with Crippen molar-refractivity contribution in [2.75, 3.05) is 6.61 Å². The van der Waals surface area contributed by atoms with Crippen LogP contribution in [0, 0.1) is 12.3 Å². The lowest BCUT2D eigenvalue weighted by Gasteiger charge is -2.61. The van der Waals surface area contributed by atoms with Gasteiger partial charge in [-0.05, 0) is 39.2 Å². The van der Waals surface area contributed by atoms with E-state index in [1.54, 1.807) is 17.8 Å². The third-order valence-electron chi connectivity index (χ3n) is 5.93. The van der Waals surface area contributed by atoms with Gasteiger partial charge in [0, 0.05) is 30.8 Å². The van der Waals surface area contributed by atoms with E-state index in [1.165, 1.54) is 6.42 Å². The van der Waals surface area contributed by atoms with Gasteiger partial charge in [-0.25, -0.2) is 4.98 Å². The number of nitrogens with zero attached hydrogens (tertiary/aromatic N) is 2. The lowest BCUT2D eigenvalue weighted by atomic mass is 9.51. The van der Waals surface area contributed by atoms with Crippen molar-refractivity contribution in [1.82, 2.24) is 20.1 Å². The number of aromatic amines is 1. The molecule has 2 aliphatic carbocycles. The van der Waals surface area contributed by atoms with Gasteiger partial charge in [0.1, 0.15) is 0 Å². The molecule has 7 heteroatoms. The van der Waals surface area contributed by atoms with E-state index in [0.717, 1.165) is 19.3 Å². The van der Waals surface area contributed by atoms with E-state index >= 15 is 0 Å². The Morgan fingerprint density at radius 3 is 2.92 bits per heavy atom. The van der Waals surface area contributed by atoms with Gasteiger partial charge in [-0.1, -0.05) is 6.42 Å². The van der Waals surface area contributed by atoms with Crippen molar-refractivity contribution >= 4 is 16.9 Å². The predicted molar refractivity (Wildman–Crippen MR) is 93.6 cm³/mol. The standard InChI is InChI=1S/C18H24N4O3/c1-4-25-13-9-12(18(13)6-5-7-18)20-16(23)11-8-10(2)19-15-14(11)17(24)21-22(15)3/h8,12-13H,4-7,9H2,1-3H3,(H,20,23)(H,21,24). The molecule has 2 heterocycles. The van der Waals surface area contributed by atoms with Gasteiger partial charge < -0.3 is 10.1 Å². The summed E-state index contributed by atoms with van der Waals surface area (Å²) in [5.41, 5.74) is 1.43. The minimum Gasteiger partial charge on any atom is -0.378 e. The highest BCUT2D eigenvalue weighted by Crippen LogP contribution is 2.57. The lowest BCUT2D eigenvalue weighted by molar-refractivity contribution is -0.169. The summed E-state index contributed by atoms with van der Waals surface area (Å²) in [4.78, 5) is 29.5. The van der Waals surface area contributed by atoms with Crippen molar-refractivity contribution < 1.29 is 9.53 Å². The van der Waals surface area contributed by atoms with Crippen LogP contribution in [0.2, 0.25) is 0 Å². The van der Waals surface area contributed by atoms with E-state index in [-0.39, 0.29) is 29.0 Å². The van der Waals surface area contributed by atoms with Crippen LogP contribution in [0.25, 0.3) is 11.0 Å². The van der Waals surface area contributed by atoms with Crippen LogP contribution >= 0.6 is 0 Å². The summed E-state index contributed by atoms with van der Waals surface area (Å²) in [6.45, 7) is 4.54. The maximum absolute atomic E-state index is 12.9. The van der Waals surface area contributed by atoms with Crippen molar-refractivity contribution in [2.45, 2.75) is 51.7 Å². The molecule has 2 atom stereocenters. The smallest absolute Gasteiger partial charge is 0.274 e. The van der Waals surface area contributed by atoms with E-state index < -0.39 is 0 Å². The zero-order valence-corrected chi connectivity index (χ0v) is 14.9. The number of aryl methyl sites for hydroxylation is 2. The summed E-state index contributed by atoms with van der Waals surface area (Å²) >= 11 is 0. The zero-order valence-electron chi connectivity index (χ0n) is 14.9. The maximum Gasteiger partial charge on any atom is 0.274 e. The van der Waals surface area contributed by atoms with Crippen LogP contribution < -0.4 is 10.9 Å². The normalized spacial score (nSPS) is 24.1. The molecule has 2 N–H and O–H groups in total. The predicted octanol–water partition coefficient (Wildman–Crippen LogP) is 1.65. The summed E-state index contributed by atoms with van der Waals surface area (Å²) in [5.74, 6) is -0.196. The molecule has 2 aromatic heterocycles. The van der Waals surface area contributed by atoms with E-state index in [9.17, 15) is 9.59 Å². The van der Waals surface area contributed by atoms with Gasteiger partial charge in [-0.15, -0.1) is 0 Å². The SMILES string of the molecule is CCOC1CC(NC(=O)c2cc(C)nc3c2c(=O)[nH]n3C)C12CCC2. The number of ether oxygens (including phenoxy) is 1. The minimum absolute atomic E-state index is 0.0932. The number of hydrogen-bond donors (Lipinski definition) is 2. The number of rotatable bonds is 4. The molecule has 4 rings (SSSR count). The van der Waals surface area contributed by atoms with Crippen LogP contribution in [0.15, 0.2) is 10.9 Å². The molecule has 2 unspecified atom stereocenters. The molecule has 0 aliphatic heterocycles. The van der Waals surface area contributed by atoms with Crippen LogP contribution in [-0.4, -0.2) is 39.4 Å². The van der Waals surface area contributed by atoms with E-state index in [2.05, 4.69) is 15.4 Å². The van der Waals surface area contributed by atoms with Crippen molar-refractivity contribution in [1.29, 1.82) is 0 Å². The fourth-order valence-corrected chi connectivity index (χ4v) is 4.44. The lowest BCUT2D eigenvalue weighted by Crippen LogP contribution is -2.67. The first-order valence-corrected chi connectivity index (χ1v) is 8.95. The van der Waals surface area contributed by atoms with Gasteiger partial charge in [0.05, 0.1) is 17.1 Å². The van der Waals surface area contributed by atoms with Gasteiger partial charge in [0.25, 0.3) is 11.5 Å². The summed E-state index contributed by atoms with van der Waals surface area (Å²) in [7, 11) is 1.72.